The van der Waals surface area contributed by atoms with Crippen molar-refractivity contribution in [1.82, 2.24) is 24.4 Å². The molecule has 0 radical (unpaired) electrons. The quantitative estimate of drug-likeness (QED) is 0.463. The number of thiazole rings is 1. The third kappa shape index (κ3) is 4.58. The molecule has 33 heavy (non-hydrogen) atoms. The SMILES string of the molecule is CN1CCN(S(=O)(=O)c2ccc3nc(Nc4ccc(-c5ccc(F)cc5)nn4)sc3c2)CC1. The Balaban J connectivity index is 1.34. The summed E-state index contributed by atoms with van der Waals surface area (Å²) < 4.78 is 41.5. The number of nitrogens with zero attached hydrogens (tertiary/aromatic N) is 5. The lowest BCUT2D eigenvalue weighted by atomic mass is 10.1. The summed E-state index contributed by atoms with van der Waals surface area (Å²) in [5, 5.41) is 12.1. The molecule has 1 saturated heterocycles. The van der Waals surface area contributed by atoms with Crippen molar-refractivity contribution in [2.75, 3.05) is 38.5 Å². The highest BCUT2D eigenvalue weighted by Gasteiger charge is 2.27. The van der Waals surface area contributed by atoms with Crippen LogP contribution in [0.2, 0.25) is 0 Å². The lowest BCUT2D eigenvalue weighted by molar-refractivity contribution is 0.222. The van der Waals surface area contributed by atoms with E-state index in [9.17, 15) is 12.8 Å². The number of likely N-dealkylation sites (N-methyl/N-ethyl adjacent to an activating group) is 1. The molecule has 2 aromatic heterocycles. The normalized spacial score (nSPS) is 15.7. The van der Waals surface area contributed by atoms with Gasteiger partial charge in [0.15, 0.2) is 10.9 Å². The fourth-order valence-electron chi connectivity index (χ4n) is 3.58. The Kier molecular flexibility index (Phi) is 5.79. The van der Waals surface area contributed by atoms with E-state index in [4.69, 9.17) is 0 Å². The maximum atomic E-state index is 13.1. The first kappa shape index (κ1) is 21.8. The number of hydrogen-bond donors (Lipinski definition) is 1. The van der Waals surface area contributed by atoms with Crippen LogP contribution in [-0.2, 0) is 10.0 Å². The van der Waals surface area contributed by atoms with Crippen LogP contribution in [0.25, 0.3) is 21.5 Å². The zero-order valence-corrected chi connectivity index (χ0v) is 19.4. The first-order chi connectivity index (χ1) is 15.9. The third-order valence-corrected chi connectivity index (χ3v) is 8.33. The van der Waals surface area contributed by atoms with Crippen molar-refractivity contribution in [3.8, 4) is 11.3 Å². The number of nitrogens with one attached hydrogen (secondary N) is 1. The summed E-state index contributed by atoms with van der Waals surface area (Å²) in [6.45, 7) is 2.41. The van der Waals surface area contributed by atoms with E-state index in [1.54, 1.807) is 42.5 Å². The van der Waals surface area contributed by atoms with Gasteiger partial charge in [-0.25, -0.2) is 17.8 Å². The Morgan fingerprint density at radius 1 is 0.970 bits per heavy atom. The van der Waals surface area contributed by atoms with Gasteiger partial charge in [-0.1, -0.05) is 11.3 Å². The summed E-state index contributed by atoms with van der Waals surface area (Å²) in [6.07, 6.45) is 0. The van der Waals surface area contributed by atoms with Gasteiger partial charge in [0, 0.05) is 31.7 Å². The minimum atomic E-state index is -3.54. The maximum absolute atomic E-state index is 13.1. The van der Waals surface area contributed by atoms with E-state index in [0.717, 1.165) is 23.4 Å². The van der Waals surface area contributed by atoms with E-state index in [-0.39, 0.29) is 10.7 Å². The molecular formula is C22H21FN6O2S2. The highest BCUT2D eigenvalue weighted by molar-refractivity contribution is 7.89. The van der Waals surface area contributed by atoms with E-state index in [1.807, 2.05) is 7.05 Å². The fourth-order valence-corrected chi connectivity index (χ4v) is 6.02. The van der Waals surface area contributed by atoms with Crippen LogP contribution < -0.4 is 5.32 Å². The van der Waals surface area contributed by atoms with Crippen molar-refractivity contribution in [1.29, 1.82) is 0 Å². The summed E-state index contributed by atoms with van der Waals surface area (Å²) in [7, 11) is -1.55. The first-order valence-electron chi connectivity index (χ1n) is 10.3. The smallest absolute Gasteiger partial charge is 0.243 e. The number of fused-ring (bicyclic) bond motifs is 1. The zero-order valence-electron chi connectivity index (χ0n) is 17.8. The third-order valence-electron chi connectivity index (χ3n) is 5.50. The van der Waals surface area contributed by atoms with Gasteiger partial charge < -0.3 is 10.2 Å². The number of benzene rings is 2. The number of anilines is 2. The molecule has 11 heteroatoms. The molecule has 170 valence electrons. The van der Waals surface area contributed by atoms with Crippen molar-refractivity contribution in [2.45, 2.75) is 4.90 Å². The predicted octanol–water partition coefficient (Wildman–Crippen LogP) is 3.57. The second-order valence-corrected chi connectivity index (χ2v) is 10.8. The molecule has 4 aromatic rings. The van der Waals surface area contributed by atoms with Gasteiger partial charge in [-0.15, -0.1) is 10.2 Å². The number of sulfonamides is 1. The van der Waals surface area contributed by atoms with Crippen LogP contribution in [0, 0.1) is 5.82 Å². The van der Waals surface area contributed by atoms with E-state index in [2.05, 4.69) is 25.4 Å². The van der Waals surface area contributed by atoms with Gasteiger partial charge in [0.2, 0.25) is 10.0 Å². The molecule has 2 aromatic carbocycles. The molecule has 8 nitrogen and oxygen atoms in total. The fraction of sp³-hybridized carbons (Fsp3) is 0.227. The van der Waals surface area contributed by atoms with Crippen LogP contribution in [-0.4, -0.2) is 66.0 Å². The Morgan fingerprint density at radius 3 is 2.42 bits per heavy atom. The Labute approximate surface area is 194 Å². The van der Waals surface area contributed by atoms with Crippen molar-refractivity contribution < 1.29 is 12.8 Å². The van der Waals surface area contributed by atoms with E-state index in [0.29, 0.717) is 35.2 Å². The van der Waals surface area contributed by atoms with Gasteiger partial charge in [0.25, 0.3) is 0 Å². The van der Waals surface area contributed by atoms with Crippen LogP contribution >= 0.6 is 11.3 Å². The van der Waals surface area contributed by atoms with Crippen molar-refractivity contribution in [3.05, 3.63) is 60.4 Å². The number of aromatic nitrogens is 3. The molecule has 0 bridgehead atoms. The number of rotatable bonds is 5. The van der Waals surface area contributed by atoms with Gasteiger partial charge in [-0.3, -0.25) is 0 Å². The zero-order chi connectivity index (χ0) is 23.0. The van der Waals surface area contributed by atoms with Crippen LogP contribution in [0.5, 0.6) is 0 Å². The summed E-state index contributed by atoms with van der Waals surface area (Å²) in [6, 6.07) is 14.6. The second-order valence-electron chi connectivity index (χ2n) is 7.79. The Morgan fingerprint density at radius 2 is 1.73 bits per heavy atom. The highest BCUT2D eigenvalue weighted by atomic mass is 32.2. The predicted molar refractivity (Wildman–Crippen MR) is 127 cm³/mol. The molecule has 0 atom stereocenters. The summed E-state index contributed by atoms with van der Waals surface area (Å²) in [5.74, 6) is 0.200. The molecule has 0 spiro atoms. The first-order valence-corrected chi connectivity index (χ1v) is 12.6. The average Bonchev–Trinajstić information content (AvgIpc) is 3.22. The standard InChI is InChI=1S/C22H21FN6O2S2/c1-28-10-12-29(13-11-28)33(30,31)17-6-7-19-20(14-17)32-22(24-19)25-21-9-8-18(26-27-21)15-2-4-16(23)5-3-15/h2-9,14H,10-13H2,1H3,(H,24,25,27). The molecule has 3 heterocycles. The Hall–Kier alpha value is -2.99. The lowest BCUT2D eigenvalue weighted by Crippen LogP contribution is -2.46. The van der Waals surface area contributed by atoms with Gasteiger partial charge >= 0.3 is 0 Å². The molecule has 5 rings (SSSR count). The minimum Gasteiger partial charge on any atom is -0.315 e. The average molecular weight is 485 g/mol. The minimum absolute atomic E-state index is 0.276. The lowest BCUT2D eigenvalue weighted by Gasteiger charge is -2.31. The van der Waals surface area contributed by atoms with Crippen LogP contribution in [0.4, 0.5) is 15.3 Å². The second kappa shape index (κ2) is 8.75. The molecule has 0 unspecified atom stereocenters. The molecule has 1 N–H and O–H groups in total. The molecule has 1 aliphatic heterocycles. The molecule has 0 aliphatic carbocycles. The molecule has 0 amide bonds. The molecule has 0 saturated carbocycles. The number of hydrogen-bond acceptors (Lipinski definition) is 8. The van der Waals surface area contributed by atoms with Gasteiger partial charge in [0.05, 0.1) is 20.8 Å². The molecule has 1 fully saturated rings. The molecular weight excluding hydrogens is 463 g/mol. The van der Waals surface area contributed by atoms with Crippen molar-refractivity contribution in [3.63, 3.8) is 0 Å². The van der Waals surface area contributed by atoms with Crippen LogP contribution in [0.1, 0.15) is 0 Å². The van der Waals surface area contributed by atoms with Gasteiger partial charge in [0.1, 0.15) is 5.82 Å². The van der Waals surface area contributed by atoms with Crippen LogP contribution in [0.3, 0.4) is 0 Å². The van der Waals surface area contributed by atoms with E-state index in [1.165, 1.54) is 27.8 Å². The summed E-state index contributed by atoms with van der Waals surface area (Å²) in [4.78, 5) is 6.92. The largest absolute Gasteiger partial charge is 0.315 e. The summed E-state index contributed by atoms with van der Waals surface area (Å²) in [5.41, 5.74) is 2.10. The summed E-state index contributed by atoms with van der Waals surface area (Å²) >= 11 is 1.35. The van der Waals surface area contributed by atoms with Gasteiger partial charge in [-0.2, -0.15) is 4.31 Å². The maximum Gasteiger partial charge on any atom is 0.243 e. The Bertz CT molecular complexity index is 1380. The number of halogens is 1. The van der Waals surface area contributed by atoms with Crippen molar-refractivity contribution >= 4 is 42.5 Å². The van der Waals surface area contributed by atoms with Crippen LogP contribution in [0.15, 0.2) is 59.5 Å². The van der Waals surface area contributed by atoms with E-state index >= 15 is 0 Å². The highest BCUT2D eigenvalue weighted by Crippen LogP contribution is 2.31. The topological polar surface area (TPSA) is 91.3 Å². The monoisotopic (exact) mass is 484 g/mol. The van der Waals surface area contributed by atoms with Crippen molar-refractivity contribution in [2.24, 2.45) is 0 Å². The van der Waals surface area contributed by atoms with E-state index < -0.39 is 10.0 Å². The molecule has 1 aliphatic rings. The van der Waals surface area contributed by atoms with Gasteiger partial charge in [-0.05, 0) is 61.6 Å². The number of piperazine rings is 1.